The molecule has 29 heavy (non-hydrogen) atoms. The Bertz CT molecular complexity index is 1020. The van der Waals surface area contributed by atoms with Crippen molar-refractivity contribution in [1.29, 1.82) is 0 Å². The number of nitrogens with zero attached hydrogens (tertiary/aromatic N) is 1. The van der Waals surface area contributed by atoms with E-state index in [9.17, 15) is 14.9 Å². The Morgan fingerprint density at radius 1 is 0.931 bits per heavy atom. The maximum absolute atomic E-state index is 12.5. The van der Waals surface area contributed by atoms with Gasteiger partial charge in [0.1, 0.15) is 0 Å². The molecule has 0 saturated carbocycles. The first-order chi connectivity index (χ1) is 13.9. The summed E-state index contributed by atoms with van der Waals surface area (Å²) < 4.78 is 0. The monoisotopic (exact) mass is 390 g/mol. The van der Waals surface area contributed by atoms with E-state index in [1.807, 2.05) is 62.4 Å². The molecular weight excluding hydrogens is 368 g/mol. The number of hydrogen-bond donors (Lipinski definition) is 3. The van der Waals surface area contributed by atoms with Gasteiger partial charge >= 0.3 is 0 Å². The Balaban J connectivity index is 1.76. The van der Waals surface area contributed by atoms with Crippen molar-refractivity contribution in [2.75, 3.05) is 22.5 Å². The Morgan fingerprint density at radius 3 is 2.28 bits per heavy atom. The number of anilines is 4. The van der Waals surface area contributed by atoms with Crippen molar-refractivity contribution in [1.82, 2.24) is 0 Å². The third kappa shape index (κ3) is 5.10. The van der Waals surface area contributed by atoms with Crippen molar-refractivity contribution in [2.45, 2.75) is 13.8 Å². The van der Waals surface area contributed by atoms with Crippen molar-refractivity contribution in [2.24, 2.45) is 0 Å². The Labute approximate surface area is 168 Å². The van der Waals surface area contributed by atoms with Gasteiger partial charge < -0.3 is 16.0 Å². The van der Waals surface area contributed by atoms with Crippen LogP contribution in [0, 0.1) is 24.0 Å². The number of carbonyl (C=O) groups excluding carboxylic acids is 1. The zero-order valence-electron chi connectivity index (χ0n) is 16.2. The molecule has 148 valence electrons. The topological polar surface area (TPSA) is 96.3 Å². The Kier molecular flexibility index (Phi) is 6.09. The quantitative estimate of drug-likeness (QED) is 0.389. The highest BCUT2D eigenvalue weighted by Crippen LogP contribution is 2.29. The minimum atomic E-state index is -0.464. The molecule has 3 rings (SSSR count). The lowest BCUT2D eigenvalue weighted by molar-refractivity contribution is -0.384. The van der Waals surface area contributed by atoms with Crippen LogP contribution in [-0.4, -0.2) is 17.4 Å². The van der Waals surface area contributed by atoms with Gasteiger partial charge in [0.25, 0.3) is 5.69 Å². The van der Waals surface area contributed by atoms with Crippen LogP contribution in [0.1, 0.15) is 11.1 Å². The molecule has 7 nitrogen and oxygen atoms in total. The zero-order valence-corrected chi connectivity index (χ0v) is 16.2. The van der Waals surface area contributed by atoms with Crippen molar-refractivity contribution >= 4 is 34.3 Å². The Hall–Kier alpha value is -3.87. The Morgan fingerprint density at radius 2 is 1.62 bits per heavy atom. The molecule has 7 heteroatoms. The number of non-ortho nitro benzene ring substituents is 1. The normalized spacial score (nSPS) is 10.3. The molecule has 0 saturated heterocycles. The summed E-state index contributed by atoms with van der Waals surface area (Å²) in [6.45, 7) is 3.83. The number of para-hydroxylation sites is 2. The zero-order chi connectivity index (χ0) is 20.8. The second kappa shape index (κ2) is 8.88. The van der Waals surface area contributed by atoms with Crippen LogP contribution in [-0.2, 0) is 4.79 Å². The first-order valence-corrected chi connectivity index (χ1v) is 9.14. The average molecular weight is 390 g/mol. The smallest absolute Gasteiger partial charge is 0.271 e. The molecule has 0 atom stereocenters. The maximum atomic E-state index is 12.5. The van der Waals surface area contributed by atoms with Crippen LogP contribution in [0.2, 0.25) is 0 Å². The van der Waals surface area contributed by atoms with Crippen molar-refractivity contribution in [3.05, 3.63) is 88.0 Å². The highest BCUT2D eigenvalue weighted by molar-refractivity contribution is 5.95. The molecule has 0 spiro atoms. The number of nitro groups is 1. The number of hydrogen-bond acceptors (Lipinski definition) is 5. The highest BCUT2D eigenvalue weighted by Gasteiger charge is 2.13. The van der Waals surface area contributed by atoms with E-state index in [0.717, 1.165) is 22.5 Å². The molecular formula is C22H22N4O3. The second-order valence-electron chi connectivity index (χ2n) is 6.65. The van der Waals surface area contributed by atoms with E-state index in [4.69, 9.17) is 0 Å². The largest absolute Gasteiger partial charge is 0.374 e. The second-order valence-corrected chi connectivity index (χ2v) is 6.65. The maximum Gasteiger partial charge on any atom is 0.271 e. The van der Waals surface area contributed by atoms with Crippen LogP contribution >= 0.6 is 0 Å². The molecule has 0 aliphatic rings. The van der Waals surface area contributed by atoms with E-state index in [-0.39, 0.29) is 18.1 Å². The summed E-state index contributed by atoms with van der Waals surface area (Å²) in [4.78, 5) is 23.1. The first kappa shape index (κ1) is 19.9. The van der Waals surface area contributed by atoms with Gasteiger partial charge in [0.05, 0.1) is 22.8 Å². The summed E-state index contributed by atoms with van der Waals surface area (Å²) in [5.74, 6) is -0.237. The number of amides is 1. The predicted molar refractivity (Wildman–Crippen MR) is 116 cm³/mol. The summed E-state index contributed by atoms with van der Waals surface area (Å²) in [6.07, 6.45) is 0. The standard InChI is InChI=1S/C22H22N4O3/c1-15-7-6-8-16(2)22(15)25-21(27)14-23-20-13-18(26(28)29)11-12-19(20)24-17-9-4-3-5-10-17/h3-13,23-24H,14H2,1-2H3,(H,25,27). The fraction of sp³-hybridized carbons (Fsp3) is 0.136. The fourth-order valence-electron chi connectivity index (χ4n) is 2.95. The first-order valence-electron chi connectivity index (χ1n) is 9.14. The fourth-order valence-corrected chi connectivity index (χ4v) is 2.95. The number of rotatable bonds is 7. The lowest BCUT2D eigenvalue weighted by atomic mass is 10.1. The van der Waals surface area contributed by atoms with Gasteiger partial charge in [-0.05, 0) is 43.2 Å². The van der Waals surface area contributed by atoms with Gasteiger partial charge in [-0.1, -0.05) is 36.4 Å². The van der Waals surface area contributed by atoms with Gasteiger partial charge in [-0.2, -0.15) is 0 Å². The van der Waals surface area contributed by atoms with E-state index < -0.39 is 4.92 Å². The molecule has 1 amide bonds. The van der Waals surface area contributed by atoms with Crippen molar-refractivity contribution in [3.63, 3.8) is 0 Å². The third-order valence-electron chi connectivity index (χ3n) is 4.45. The highest BCUT2D eigenvalue weighted by atomic mass is 16.6. The SMILES string of the molecule is Cc1cccc(C)c1NC(=O)CNc1cc([N+](=O)[O-])ccc1Nc1ccccc1. The summed E-state index contributed by atoms with van der Waals surface area (Å²) in [5, 5.41) is 20.3. The van der Waals surface area contributed by atoms with E-state index >= 15 is 0 Å². The van der Waals surface area contributed by atoms with Gasteiger partial charge in [0, 0.05) is 23.5 Å². The minimum absolute atomic E-state index is 0.0294. The number of aryl methyl sites for hydroxylation is 2. The van der Waals surface area contributed by atoms with Crippen LogP contribution < -0.4 is 16.0 Å². The number of benzene rings is 3. The van der Waals surface area contributed by atoms with Crippen LogP contribution in [0.3, 0.4) is 0 Å². The van der Waals surface area contributed by atoms with Gasteiger partial charge in [-0.15, -0.1) is 0 Å². The number of carbonyl (C=O) groups is 1. The minimum Gasteiger partial charge on any atom is -0.374 e. The van der Waals surface area contributed by atoms with Crippen LogP contribution in [0.15, 0.2) is 66.7 Å². The summed E-state index contributed by atoms with van der Waals surface area (Å²) >= 11 is 0. The summed E-state index contributed by atoms with van der Waals surface area (Å²) in [5.41, 5.74) is 4.62. The molecule has 0 aliphatic carbocycles. The predicted octanol–water partition coefficient (Wildman–Crippen LogP) is 5.01. The lowest BCUT2D eigenvalue weighted by Crippen LogP contribution is -2.23. The third-order valence-corrected chi connectivity index (χ3v) is 4.45. The molecule has 3 aromatic carbocycles. The van der Waals surface area contributed by atoms with Gasteiger partial charge in [-0.25, -0.2) is 0 Å². The van der Waals surface area contributed by atoms with E-state index in [1.165, 1.54) is 12.1 Å². The molecule has 0 aliphatic heterocycles. The number of nitro benzene ring substituents is 1. The lowest BCUT2D eigenvalue weighted by Gasteiger charge is -2.15. The van der Waals surface area contributed by atoms with Crippen LogP contribution in [0.5, 0.6) is 0 Å². The molecule has 0 fully saturated rings. The van der Waals surface area contributed by atoms with E-state index in [2.05, 4.69) is 16.0 Å². The van der Waals surface area contributed by atoms with Crippen LogP contribution in [0.25, 0.3) is 0 Å². The van der Waals surface area contributed by atoms with Gasteiger partial charge in [-0.3, -0.25) is 14.9 Å². The van der Waals surface area contributed by atoms with Crippen molar-refractivity contribution in [3.8, 4) is 0 Å². The van der Waals surface area contributed by atoms with Crippen molar-refractivity contribution < 1.29 is 9.72 Å². The van der Waals surface area contributed by atoms with Crippen LogP contribution in [0.4, 0.5) is 28.4 Å². The molecule has 0 aromatic heterocycles. The summed E-state index contributed by atoms with van der Waals surface area (Å²) in [7, 11) is 0. The molecule has 0 radical (unpaired) electrons. The molecule has 0 heterocycles. The number of nitrogens with one attached hydrogen (secondary N) is 3. The molecule has 3 N–H and O–H groups in total. The average Bonchev–Trinajstić information content (AvgIpc) is 2.70. The van der Waals surface area contributed by atoms with E-state index in [0.29, 0.717) is 11.4 Å². The molecule has 3 aromatic rings. The summed E-state index contributed by atoms with van der Waals surface area (Å²) in [6, 6.07) is 19.7. The molecule has 0 unspecified atom stereocenters. The van der Waals surface area contributed by atoms with E-state index in [1.54, 1.807) is 6.07 Å². The molecule has 0 bridgehead atoms. The van der Waals surface area contributed by atoms with Gasteiger partial charge in [0.15, 0.2) is 0 Å². The van der Waals surface area contributed by atoms with Gasteiger partial charge in [0.2, 0.25) is 5.91 Å².